The van der Waals surface area contributed by atoms with Gasteiger partial charge in [-0.25, -0.2) is 0 Å². The molecule has 0 aliphatic heterocycles. The van der Waals surface area contributed by atoms with E-state index in [0.29, 0.717) is 0 Å². The summed E-state index contributed by atoms with van der Waals surface area (Å²) in [5, 5.41) is 1.66. The Morgan fingerprint density at radius 2 is 1.68 bits per heavy atom. The Kier molecular flexibility index (Phi) is 4.54. The highest BCUT2D eigenvalue weighted by atomic mass is 28.2. The number of unbranched alkanes of at least 4 members (excludes halogenated alkanes) is 1. The van der Waals surface area contributed by atoms with Gasteiger partial charge in [0.1, 0.15) is 0 Å². The van der Waals surface area contributed by atoms with Gasteiger partial charge in [0, 0.05) is 8.41 Å². The molecular formula is C21H24Si. The van der Waals surface area contributed by atoms with Crippen LogP contribution in [-0.2, 0) is 0 Å². The van der Waals surface area contributed by atoms with Crippen LogP contribution in [0.4, 0.5) is 0 Å². The number of benzene rings is 2. The summed E-state index contributed by atoms with van der Waals surface area (Å²) in [6.07, 6.45) is 6.23. The van der Waals surface area contributed by atoms with Crippen LogP contribution in [0.1, 0.15) is 37.3 Å². The molecule has 0 nitrogen and oxygen atoms in total. The lowest BCUT2D eigenvalue weighted by Crippen LogP contribution is -2.13. The Morgan fingerprint density at radius 3 is 2.36 bits per heavy atom. The molecule has 0 radical (unpaired) electrons. The molecule has 2 aromatic carbocycles. The molecular weight excluding hydrogens is 280 g/mol. The summed E-state index contributed by atoms with van der Waals surface area (Å²) >= 11 is 0. The van der Waals surface area contributed by atoms with Crippen LogP contribution in [0, 0.1) is 0 Å². The first-order valence-corrected chi connectivity index (χ1v) is 10.8. The van der Waals surface area contributed by atoms with Crippen molar-refractivity contribution in [3.63, 3.8) is 0 Å². The van der Waals surface area contributed by atoms with E-state index >= 15 is 0 Å². The van der Waals surface area contributed by atoms with E-state index in [1.54, 1.807) is 10.7 Å². The van der Waals surface area contributed by atoms with Gasteiger partial charge in [-0.2, -0.15) is 0 Å². The fourth-order valence-corrected chi connectivity index (χ4v) is 5.00. The summed E-state index contributed by atoms with van der Waals surface area (Å²) in [6.45, 7) is 7.13. The molecule has 112 valence electrons. The zero-order valence-electron chi connectivity index (χ0n) is 13.8. The lowest BCUT2D eigenvalue weighted by atomic mass is 9.95. The van der Waals surface area contributed by atoms with Crippen LogP contribution in [0.15, 0.2) is 54.1 Å². The lowest BCUT2D eigenvalue weighted by molar-refractivity contribution is 0.807. The summed E-state index contributed by atoms with van der Waals surface area (Å²) in [5.41, 5.74) is 7.28. The number of fused-ring (bicyclic) bond motifs is 1. The Balaban J connectivity index is 2.14. The molecule has 0 bridgehead atoms. The Bertz CT molecular complexity index is 732. The predicted molar refractivity (Wildman–Crippen MR) is 101 cm³/mol. The maximum absolute atomic E-state index is 2.45. The third-order valence-electron chi connectivity index (χ3n) is 4.38. The number of allylic oxidation sites excluding steroid dienone is 1. The molecule has 1 heteroatoms. The lowest BCUT2D eigenvalue weighted by Gasteiger charge is -2.14. The van der Waals surface area contributed by atoms with Gasteiger partial charge in [0.2, 0.25) is 0 Å². The van der Waals surface area contributed by atoms with E-state index < -0.39 is 8.41 Å². The fourth-order valence-electron chi connectivity index (χ4n) is 3.38. The average molecular weight is 305 g/mol. The molecule has 22 heavy (non-hydrogen) atoms. The van der Waals surface area contributed by atoms with E-state index in [0.717, 1.165) is 0 Å². The largest absolute Gasteiger partial charge is 0.0654 e. The minimum atomic E-state index is -0.483. The highest BCUT2D eigenvalue weighted by Gasteiger charge is 2.22. The van der Waals surface area contributed by atoms with E-state index in [-0.39, 0.29) is 0 Å². The minimum absolute atomic E-state index is 0.483. The second kappa shape index (κ2) is 6.58. The van der Waals surface area contributed by atoms with Crippen molar-refractivity contribution in [2.45, 2.75) is 39.3 Å². The first-order valence-electron chi connectivity index (χ1n) is 8.29. The molecule has 2 aromatic rings. The summed E-state index contributed by atoms with van der Waals surface area (Å²) in [4.78, 5) is 0. The molecule has 0 spiro atoms. The highest BCUT2D eigenvalue weighted by molar-refractivity contribution is 6.76. The number of rotatable bonds is 4. The van der Waals surface area contributed by atoms with Crippen LogP contribution in [0.3, 0.4) is 0 Å². The molecule has 0 aromatic heterocycles. The molecule has 0 amide bonds. The van der Waals surface area contributed by atoms with Gasteiger partial charge in [-0.15, -0.1) is 0 Å². The molecule has 1 aliphatic rings. The Labute approximate surface area is 135 Å². The normalized spacial score (nSPS) is 13.0. The van der Waals surface area contributed by atoms with Crippen LogP contribution in [-0.4, -0.2) is 13.6 Å². The van der Waals surface area contributed by atoms with Crippen molar-refractivity contribution in [2.75, 3.05) is 0 Å². The third-order valence-corrected chi connectivity index (χ3v) is 5.95. The molecule has 0 atom stereocenters. The minimum Gasteiger partial charge on any atom is -0.0654 e. The molecule has 0 N–H and O–H groups in total. The van der Waals surface area contributed by atoms with Gasteiger partial charge in [0.15, 0.2) is 0 Å². The maximum Gasteiger partial charge on any atom is 0.0140 e. The smallest absolute Gasteiger partial charge is 0.0140 e. The molecule has 0 unspecified atom stereocenters. The molecule has 3 rings (SSSR count). The van der Waals surface area contributed by atoms with E-state index in [1.807, 2.05) is 0 Å². The monoisotopic (exact) mass is 304 g/mol. The van der Waals surface area contributed by atoms with Gasteiger partial charge in [-0.05, 0) is 45.8 Å². The average Bonchev–Trinajstić information content (AvgIpc) is 2.92. The van der Waals surface area contributed by atoms with Crippen LogP contribution in [0.2, 0.25) is 13.1 Å². The van der Waals surface area contributed by atoms with Crippen molar-refractivity contribution < 1.29 is 0 Å². The zero-order valence-corrected chi connectivity index (χ0v) is 14.8. The van der Waals surface area contributed by atoms with E-state index in [1.165, 1.54) is 41.5 Å². The second-order valence-corrected chi connectivity index (χ2v) is 8.78. The van der Waals surface area contributed by atoms with Crippen molar-refractivity contribution in [3.05, 3.63) is 65.2 Å². The van der Waals surface area contributed by atoms with Gasteiger partial charge < -0.3 is 0 Å². The van der Waals surface area contributed by atoms with Crippen LogP contribution >= 0.6 is 0 Å². The van der Waals surface area contributed by atoms with Crippen molar-refractivity contribution in [1.82, 2.24) is 0 Å². The molecule has 0 saturated heterocycles. The quantitative estimate of drug-likeness (QED) is 0.626. The molecule has 1 aliphatic carbocycles. The van der Waals surface area contributed by atoms with Crippen molar-refractivity contribution in [2.24, 2.45) is 0 Å². The third kappa shape index (κ3) is 2.78. The number of hydrogen-bond acceptors (Lipinski definition) is 0. The van der Waals surface area contributed by atoms with E-state index in [2.05, 4.69) is 74.6 Å². The van der Waals surface area contributed by atoms with E-state index in [4.69, 9.17) is 0 Å². The topological polar surface area (TPSA) is 0 Å². The summed E-state index contributed by atoms with van der Waals surface area (Å²) < 4.78 is 0. The summed E-state index contributed by atoms with van der Waals surface area (Å²) in [6, 6.07) is 17.6. The van der Waals surface area contributed by atoms with Gasteiger partial charge in [0.05, 0.1) is 0 Å². The van der Waals surface area contributed by atoms with Crippen molar-refractivity contribution in [3.8, 4) is 11.1 Å². The SMILES string of the molecule is CCCCC1=Cc2cccc(-c3ccccc3)c2C1=[Si](C)C. The maximum atomic E-state index is 2.45. The second-order valence-electron chi connectivity index (χ2n) is 6.28. The first-order chi connectivity index (χ1) is 10.7. The highest BCUT2D eigenvalue weighted by Crippen LogP contribution is 2.35. The standard InChI is InChI=1S/C21H24Si/c1-4-5-10-18-15-17-13-9-14-19(16-11-7-6-8-12-16)20(17)21(18)22(2)3/h6-9,11-15H,4-5,10H2,1-3H3. The first kappa shape index (κ1) is 15.2. The van der Waals surface area contributed by atoms with Crippen molar-refractivity contribution in [1.29, 1.82) is 0 Å². The number of hydrogen-bond donors (Lipinski definition) is 0. The molecule has 0 heterocycles. The fraction of sp³-hybridized carbons (Fsp3) is 0.286. The summed E-state index contributed by atoms with van der Waals surface area (Å²) in [7, 11) is -0.483. The van der Waals surface area contributed by atoms with Gasteiger partial charge >= 0.3 is 0 Å². The zero-order chi connectivity index (χ0) is 15.5. The van der Waals surface area contributed by atoms with Crippen molar-refractivity contribution >= 4 is 19.7 Å². The van der Waals surface area contributed by atoms with Crippen LogP contribution in [0.5, 0.6) is 0 Å². The van der Waals surface area contributed by atoms with Gasteiger partial charge in [-0.1, -0.05) is 81.0 Å². The van der Waals surface area contributed by atoms with Crippen LogP contribution in [0.25, 0.3) is 17.2 Å². The predicted octanol–water partition coefficient (Wildman–Crippen LogP) is 5.80. The Morgan fingerprint density at radius 1 is 0.909 bits per heavy atom. The Hall–Kier alpha value is -1.73. The van der Waals surface area contributed by atoms with E-state index in [9.17, 15) is 0 Å². The van der Waals surface area contributed by atoms with Crippen LogP contribution < -0.4 is 0 Å². The van der Waals surface area contributed by atoms with Gasteiger partial charge in [0.25, 0.3) is 0 Å². The van der Waals surface area contributed by atoms with Gasteiger partial charge in [-0.3, -0.25) is 0 Å². The molecule has 0 saturated carbocycles. The summed E-state index contributed by atoms with van der Waals surface area (Å²) in [5.74, 6) is 0. The molecule has 0 fully saturated rings.